The van der Waals surface area contributed by atoms with Gasteiger partial charge in [0.1, 0.15) is 17.3 Å². The van der Waals surface area contributed by atoms with E-state index < -0.39 is 11.6 Å². The minimum atomic E-state index is -0.700. The lowest BCUT2D eigenvalue weighted by Gasteiger charge is -2.10. The molecule has 0 bridgehead atoms. The van der Waals surface area contributed by atoms with E-state index in [0.717, 1.165) is 16.9 Å². The number of hydrogen-bond donors (Lipinski definition) is 0. The largest absolute Gasteiger partial charge is 0.309 e. The first-order chi connectivity index (χ1) is 14.5. The van der Waals surface area contributed by atoms with Crippen LogP contribution in [-0.4, -0.2) is 18.9 Å². The molecule has 1 aromatic carbocycles. The zero-order valence-electron chi connectivity index (χ0n) is 16.0. The third kappa shape index (κ3) is 2.95. The zero-order chi connectivity index (χ0) is 20.8. The van der Waals surface area contributed by atoms with Crippen LogP contribution in [0.4, 0.5) is 8.78 Å². The number of rotatable bonds is 3. The van der Waals surface area contributed by atoms with Crippen LogP contribution < -0.4 is 5.56 Å². The highest BCUT2D eigenvalue weighted by molar-refractivity contribution is 5.95. The van der Waals surface area contributed by atoms with Crippen LogP contribution in [0.15, 0.2) is 72.2 Å². The molecule has 148 valence electrons. The van der Waals surface area contributed by atoms with Gasteiger partial charge in [0.2, 0.25) is 0 Å². The van der Waals surface area contributed by atoms with E-state index in [1.807, 2.05) is 35.9 Å². The monoisotopic (exact) mass is 402 g/mol. The Morgan fingerprint density at radius 1 is 0.967 bits per heavy atom. The Bertz CT molecular complexity index is 1470. The van der Waals surface area contributed by atoms with Crippen molar-refractivity contribution in [2.45, 2.75) is 13.5 Å². The summed E-state index contributed by atoms with van der Waals surface area (Å²) in [6.07, 6.45) is 8.25. The number of nitrogens with zero attached hydrogens (tertiary/aromatic N) is 4. The van der Waals surface area contributed by atoms with Gasteiger partial charge >= 0.3 is 0 Å². The van der Waals surface area contributed by atoms with E-state index in [4.69, 9.17) is 0 Å². The summed E-state index contributed by atoms with van der Waals surface area (Å²) in [5.74, 6) is -1.40. The molecule has 0 radical (unpaired) electrons. The molecule has 7 heteroatoms. The predicted octanol–water partition coefficient (Wildman–Crippen LogP) is 4.35. The van der Waals surface area contributed by atoms with Crippen molar-refractivity contribution in [1.29, 1.82) is 0 Å². The summed E-state index contributed by atoms with van der Waals surface area (Å²) >= 11 is 0. The van der Waals surface area contributed by atoms with Gasteiger partial charge in [-0.15, -0.1) is 0 Å². The molecule has 0 aliphatic rings. The Kier molecular flexibility index (Phi) is 4.17. The number of hydrogen-bond acceptors (Lipinski definition) is 3. The second-order valence-electron chi connectivity index (χ2n) is 7.20. The Balaban J connectivity index is 1.62. The molecule has 5 nitrogen and oxygen atoms in total. The Morgan fingerprint density at radius 2 is 1.77 bits per heavy atom. The molecule has 0 fully saturated rings. The Labute approximate surface area is 169 Å². The quantitative estimate of drug-likeness (QED) is 0.451. The molecular weight excluding hydrogens is 386 g/mol. The minimum absolute atomic E-state index is 0.191. The van der Waals surface area contributed by atoms with E-state index in [1.165, 1.54) is 35.2 Å². The fourth-order valence-electron chi connectivity index (χ4n) is 3.69. The van der Waals surface area contributed by atoms with E-state index in [2.05, 4.69) is 9.97 Å². The number of imidazole rings is 1. The van der Waals surface area contributed by atoms with Crippen LogP contribution in [0.25, 0.3) is 27.5 Å². The van der Waals surface area contributed by atoms with Crippen LogP contribution in [0.1, 0.15) is 11.3 Å². The van der Waals surface area contributed by atoms with Crippen molar-refractivity contribution in [3.8, 4) is 11.1 Å². The summed E-state index contributed by atoms with van der Waals surface area (Å²) < 4.78 is 32.0. The first-order valence-electron chi connectivity index (χ1n) is 9.37. The molecule has 0 atom stereocenters. The highest BCUT2D eigenvalue weighted by atomic mass is 19.1. The van der Waals surface area contributed by atoms with E-state index in [-0.39, 0.29) is 28.6 Å². The molecule has 0 aliphatic carbocycles. The van der Waals surface area contributed by atoms with Gasteiger partial charge in [0.25, 0.3) is 5.56 Å². The van der Waals surface area contributed by atoms with Crippen LogP contribution in [0.3, 0.4) is 0 Å². The predicted molar refractivity (Wildman–Crippen MR) is 110 cm³/mol. The normalized spacial score (nSPS) is 11.4. The minimum Gasteiger partial charge on any atom is -0.309 e. The lowest BCUT2D eigenvalue weighted by atomic mass is 10.0. The van der Waals surface area contributed by atoms with Crippen LogP contribution in [0, 0.1) is 18.6 Å². The highest BCUT2D eigenvalue weighted by Gasteiger charge is 2.16. The zero-order valence-corrected chi connectivity index (χ0v) is 16.0. The Hall–Kier alpha value is -3.87. The number of benzene rings is 1. The lowest BCUT2D eigenvalue weighted by molar-refractivity contribution is 0.590. The third-order valence-electron chi connectivity index (χ3n) is 5.11. The summed E-state index contributed by atoms with van der Waals surface area (Å²) in [5, 5.41) is 0.734. The van der Waals surface area contributed by atoms with E-state index in [9.17, 15) is 13.6 Å². The first kappa shape index (κ1) is 18.2. The van der Waals surface area contributed by atoms with Crippen molar-refractivity contribution in [3.05, 3.63) is 101 Å². The van der Waals surface area contributed by atoms with Gasteiger partial charge in [-0.05, 0) is 42.1 Å². The Morgan fingerprint density at radius 3 is 2.57 bits per heavy atom. The maximum absolute atomic E-state index is 14.3. The van der Waals surface area contributed by atoms with E-state index in [0.29, 0.717) is 5.39 Å². The summed E-state index contributed by atoms with van der Waals surface area (Å²) in [6, 6.07) is 9.24. The summed E-state index contributed by atoms with van der Waals surface area (Å²) in [7, 11) is 0. The van der Waals surface area contributed by atoms with Gasteiger partial charge in [-0.3, -0.25) is 9.78 Å². The SMILES string of the molecule is Cc1ccc2nc(Cn3ccc4c(-c5c(F)cccc5F)cncc4c3=O)cn2c1. The second-order valence-corrected chi connectivity index (χ2v) is 7.20. The molecule has 0 N–H and O–H groups in total. The molecule has 0 saturated carbocycles. The van der Waals surface area contributed by atoms with Gasteiger partial charge in [0, 0.05) is 36.5 Å². The van der Waals surface area contributed by atoms with Gasteiger partial charge in [-0.25, -0.2) is 13.8 Å². The van der Waals surface area contributed by atoms with Crippen LogP contribution in [0.2, 0.25) is 0 Å². The maximum Gasteiger partial charge on any atom is 0.260 e. The number of halogens is 2. The van der Waals surface area contributed by atoms with Crippen molar-refractivity contribution in [2.75, 3.05) is 0 Å². The van der Waals surface area contributed by atoms with Gasteiger partial charge in [-0.2, -0.15) is 0 Å². The molecule has 4 aromatic heterocycles. The van der Waals surface area contributed by atoms with Crippen molar-refractivity contribution < 1.29 is 8.78 Å². The van der Waals surface area contributed by atoms with Crippen molar-refractivity contribution in [2.24, 2.45) is 0 Å². The molecule has 4 heterocycles. The van der Waals surface area contributed by atoms with Crippen LogP contribution in [-0.2, 0) is 6.54 Å². The van der Waals surface area contributed by atoms with Crippen molar-refractivity contribution in [3.63, 3.8) is 0 Å². The molecule has 0 amide bonds. The number of fused-ring (bicyclic) bond motifs is 2. The third-order valence-corrected chi connectivity index (χ3v) is 5.11. The molecule has 0 saturated heterocycles. The van der Waals surface area contributed by atoms with Gasteiger partial charge in [-0.1, -0.05) is 12.1 Å². The van der Waals surface area contributed by atoms with Gasteiger partial charge < -0.3 is 8.97 Å². The second kappa shape index (κ2) is 6.88. The number of aryl methyl sites for hydroxylation is 1. The fourth-order valence-corrected chi connectivity index (χ4v) is 3.69. The van der Waals surface area contributed by atoms with Gasteiger partial charge in [0.15, 0.2) is 0 Å². The van der Waals surface area contributed by atoms with E-state index >= 15 is 0 Å². The molecule has 0 unspecified atom stereocenters. The smallest absolute Gasteiger partial charge is 0.260 e. The molecular formula is C23H16F2N4O. The summed E-state index contributed by atoms with van der Waals surface area (Å²) in [4.78, 5) is 21.7. The van der Waals surface area contributed by atoms with Crippen molar-refractivity contribution >= 4 is 16.4 Å². The molecule has 0 aliphatic heterocycles. The van der Waals surface area contributed by atoms with Crippen LogP contribution >= 0.6 is 0 Å². The average molecular weight is 402 g/mol. The number of aromatic nitrogens is 4. The maximum atomic E-state index is 14.3. The molecule has 5 rings (SSSR count). The standard InChI is InChI=1S/C23H16F2N4O/c1-14-5-6-21-27-15(13-29(21)11-14)12-28-8-7-16-17(9-26-10-18(16)23(28)30)22-19(24)3-2-4-20(22)25/h2-11,13H,12H2,1H3. The van der Waals surface area contributed by atoms with Crippen molar-refractivity contribution in [1.82, 2.24) is 18.9 Å². The molecule has 5 aromatic rings. The average Bonchev–Trinajstić information content (AvgIpc) is 3.11. The summed E-state index contributed by atoms with van der Waals surface area (Å²) in [5.41, 5.74) is 2.38. The van der Waals surface area contributed by atoms with Gasteiger partial charge in [0.05, 0.1) is 23.2 Å². The fraction of sp³-hybridized carbons (Fsp3) is 0.0870. The van der Waals surface area contributed by atoms with Crippen LogP contribution in [0.5, 0.6) is 0 Å². The molecule has 30 heavy (non-hydrogen) atoms. The molecule has 0 spiro atoms. The highest BCUT2D eigenvalue weighted by Crippen LogP contribution is 2.30. The van der Waals surface area contributed by atoms with E-state index in [1.54, 1.807) is 12.3 Å². The summed E-state index contributed by atoms with van der Waals surface area (Å²) in [6.45, 7) is 2.27. The lowest BCUT2D eigenvalue weighted by Crippen LogP contribution is -2.20. The first-order valence-corrected chi connectivity index (χ1v) is 9.37. The topological polar surface area (TPSA) is 52.2 Å². The number of pyridine rings is 3.